The van der Waals surface area contributed by atoms with Gasteiger partial charge in [-0.25, -0.2) is 8.42 Å². The van der Waals surface area contributed by atoms with Crippen LogP contribution in [0, 0.1) is 19.8 Å². The van der Waals surface area contributed by atoms with Crippen molar-refractivity contribution in [3.63, 3.8) is 0 Å². The van der Waals surface area contributed by atoms with Gasteiger partial charge in [-0.1, -0.05) is 12.1 Å². The van der Waals surface area contributed by atoms with Gasteiger partial charge in [0.05, 0.1) is 24.2 Å². The Morgan fingerprint density at radius 2 is 1.92 bits per heavy atom. The van der Waals surface area contributed by atoms with Gasteiger partial charge in [0.25, 0.3) is 0 Å². The van der Waals surface area contributed by atoms with Crippen LogP contribution < -0.4 is 10.9 Å². The molecule has 8 heteroatoms. The quantitative estimate of drug-likeness (QED) is 0.786. The molecule has 140 valence electrons. The van der Waals surface area contributed by atoms with Crippen LogP contribution in [-0.4, -0.2) is 31.7 Å². The molecule has 1 aliphatic heterocycles. The third-order valence-corrected chi connectivity index (χ3v) is 6.67. The topological polar surface area (TPSA) is 105 Å². The molecule has 2 aromatic rings. The minimum Gasteiger partial charge on any atom is -0.464 e. The summed E-state index contributed by atoms with van der Waals surface area (Å²) in [6, 6.07) is 3.90. The summed E-state index contributed by atoms with van der Waals surface area (Å²) in [6.45, 7) is 3.96. The Morgan fingerprint density at radius 3 is 2.62 bits per heavy atom. The number of sulfone groups is 1. The number of benzene rings is 1. The maximum absolute atomic E-state index is 12.1. The number of fused-ring (bicyclic) bond motifs is 1. The largest absolute Gasteiger partial charge is 0.464 e. The van der Waals surface area contributed by atoms with E-state index in [2.05, 4.69) is 10.9 Å². The molecule has 3 rings (SSSR count). The maximum atomic E-state index is 12.1. The number of carbonyl (C=O) groups excluding carboxylic acids is 2. The molecule has 1 aromatic carbocycles. The fourth-order valence-electron chi connectivity index (χ4n) is 3.23. The summed E-state index contributed by atoms with van der Waals surface area (Å²) < 4.78 is 28.4. The second-order valence-electron chi connectivity index (χ2n) is 6.89. The zero-order chi connectivity index (χ0) is 18.9. The fraction of sp³-hybridized carbons (Fsp3) is 0.444. The van der Waals surface area contributed by atoms with Gasteiger partial charge in [-0.05, 0) is 37.3 Å². The number of amides is 2. The van der Waals surface area contributed by atoms with Crippen LogP contribution in [0.15, 0.2) is 22.8 Å². The van der Waals surface area contributed by atoms with Crippen LogP contribution in [0.1, 0.15) is 29.5 Å². The first kappa shape index (κ1) is 18.4. The molecular formula is C18H22N2O5S. The highest BCUT2D eigenvalue weighted by Crippen LogP contribution is 2.26. The summed E-state index contributed by atoms with van der Waals surface area (Å²) >= 11 is 0. The molecule has 0 bridgehead atoms. The Balaban J connectivity index is 1.53. The number of carbonyl (C=O) groups is 2. The molecule has 1 aliphatic rings. The third-order valence-electron chi connectivity index (χ3n) is 4.83. The molecule has 1 atom stereocenters. The smallest absolute Gasteiger partial charge is 0.242 e. The molecule has 2 N–H and O–H groups in total. The van der Waals surface area contributed by atoms with Crippen molar-refractivity contribution in [3.05, 3.63) is 35.1 Å². The highest BCUT2D eigenvalue weighted by molar-refractivity contribution is 7.91. The van der Waals surface area contributed by atoms with E-state index in [-0.39, 0.29) is 42.1 Å². The molecule has 0 saturated carbocycles. The molecule has 0 aliphatic carbocycles. The lowest BCUT2D eigenvalue weighted by Crippen LogP contribution is -2.43. The lowest BCUT2D eigenvalue weighted by Gasteiger charge is -2.09. The highest BCUT2D eigenvalue weighted by Gasteiger charge is 2.29. The number of hydrazine groups is 1. The van der Waals surface area contributed by atoms with Crippen molar-refractivity contribution >= 4 is 32.6 Å². The molecule has 1 fully saturated rings. The SMILES string of the molecule is Cc1ccc2c(CC(=O)NNC(=O)C[C@@H]3CCS(=O)(=O)C3)coc2c1C. The molecular weight excluding hydrogens is 356 g/mol. The van der Waals surface area contributed by atoms with E-state index in [0.29, 0.717) is 6.42 Å². The Hall–Kier alpha value is -2.35. The van der Waals surface area contributed by atoms with Gasteiger partial charge < -0.3 is 4.42 Å². The lowest BCUT2D eigenvalue weighted by molar-refractivity contribution is -0.129. The van der Waals surface area contributed by atoms with Crippen molar-refractivity contribution < 1.29 is 22.4 Å². The predicted octanol–water partition coefficient (Wildman–Crippen LogP) is 1.56. The van der Waals surface area contributed by atoms with Crippen molar-refractivity contribution in [1.29, 1.82) is 0 Å². The molecule has 2 heterocycles. The van der Waals surface area contributed by atoms with Crippen LogP contribution in [-0.2, 0) is 25.8 Å². The second kappa shape index (κ2) is 7.11. The van der Waals surface area contributed by atoms with E-state index < -0.39 is 9.84 Å². The molecule has 0 radical (unpaired) electrons. The molecule has 0 spiro atoms. The number of hydrogen-bond donors (Lipinski definition) is 2. The van der Waals surface area contributed by atoms with Gasteiger partial charge in [0.15, 0.2) is 9.84 Å². The summed E-state index contributed by atoms with van der Waals surface area (Å²) in [5, 5.41) is 0.880. The molecule has 7 nitrogen and oxygen atoms in total. The maximum Gasteiger partial charge on any atom is 0.242 e. The molecule has 26 heavy (non-hydrogen) atoms. The monoisotopic (exact) mass is 378 g/mol. The Labute approximate surface area is 152 Å². The van der Waals surface area contributed by atoms with Gasteiger partial charge in [0.1, 0.15) is 5.58 Å². The zero-order valence-corrected chi connectivity index (χ0v) is 15.6. The van der Waals surface area contributed by atoms with E-state index in [1.165, 1.54) is 0 Å². The zero-order valence-electron chi connectivity index (χ0n) is 14.8. The van der Waals surface area contributed by atoms with E-state index in [4.69, 9.17) is 4.42 Å². The number of furan rings is 1. The van der Waals surface area contributed by atoms with Crippen LogP contribution in [0.5, 0.6) is 0 Å². The van der Waals surface area contributed by atoms with Crippen LogP contribution in [0.25, 0.3) is 11.0 Å². The van der Waals surface area contributed by atoms with E-state index in [0.717, 1.165) is 27.7 Å². The fourth-order valence-corrected chi connectivity index (χ4v) is 5.09. The van der Waals surface area contributed by atoms with Crippen LogP contribution in [0.4, 0.5) is 0 Å². The summed E-state index contributed by atoms with van der Waals surface area (Å²) in [5.74, 6) is -0.763. The summed E-state index contributed by atoms with van der Waals surface area (Å²) in [6.07, 6.45) is 2.21. The first-order valence-electron chi connectivity index (χ1n) is 8.49. The Morgan fingerprint density at radius 1 is 1.19 bits per heavy atom. The number of nitrogens with one attached hydrogen (secondary N) is 2. The predicted molar refractivity (Wildman–Crippen MR) is 97.1 cm³/mol. The minimum atomic E-state index is -3.01. The van der Waals surface area contributed by atoms with Crippen LogP contribution >= 0.6 is 0 Å². The first-order valence-corrected chi connectivity index (χ1v) is 10.3. The van der Waals surface area contributed by atoms with Gasteiger partial charge in [-0.2, -0.15) is 0 Å². The van der Waals surface area contributed by atoms with Crippen LogP contribution in [0.2, 0.25) is 0 Å². The summed E-state index contributed by atoms with van der Waals surface area (Å²) in [5.41, 5.74) is 8.39. The first-order chi connectivity index (χ1) is 12.2. The van der Waals surface area contributed by atoms with E-state index in [9.17, 15) is 18.0 Å². The van der Waals surface area contributed by atoms with Gasteiger partial charge >= 0.3 is 0 Å². The van der Waals surface area contributed by atoms with Gasteiger partial charge in [-0.15, -0.1) is 0 Å². The van der Waals surface area contributed by atoms with Crippen molar-refractivity contribution in [2.24, 2.45) is 5.92 Å². The Bertz CT molecular complexity index is 961. The van der Waals surface area contributed by atoms with Crippen molar-refractivity contribution in [1.82, 2.24) is 10.9 Å². The number of hydrogen-bond acceptors (Lipinski definition) is 5. The van der Waals surface area contributed by atoms with Gasteiger partial charge in [0.2, 0.25) is 11.8 Å². The van der Waals surface area contributed by atoms with Crippen molar-refractivity contribution in [2.45, 2.75) is 33.1 Å². The van der Waals surface area contributed by atoms with E-state index in [1.807, 2.05) is 26.0 Å². The number of rotatable bonds is 4. The number of aryl methyl sites for hydroxylation is 2. The summed E-state index contributed by atoms with van der Waals surface area (Å²) in [4.78, 5) is 24.0. The Kier molecular flexibility index (Phi) is 5.04. The molecule has 0 unspecified atom stereocenters. The highest BCUT2D eigenvalue weighted by atomic mass is 32.2. The summed E-state index contributed by atoms with van der Waals surface area (Å²) in [7, 11) is -3.01. The standard InChI is InChI=1S/C18H22N2O5S/c1-11-3-4-15-14(9-25-18(15)12(11)2)8-17(22)20-19-16(21)7-13-5-6-26(23,24)10-13/h3-4,9,13H,5-8,10H2,1-2H3,(H,19,21)(H,20,22)/t13-/m0/s1. The normalized spacial score (nSPS) is 18.8. The molecule has 1 aromatic heterocycles. The lowest BCUT2D eigenvalue weighted by atomic mass is 10.0. The van der Waals surface area contributed by atoms with Crippen molar-refractivity contribution in [3.8, 4) is 0 Å². The van der Waals surface area contributed by atoms with E-state index >= 15 is 0 Å². The van der Waals surface area contributed by atoms with Gasteiger partial charge in [-0.3, -0.25) is 20.4 Å². The van der Waals surface area contributed by atoms with Crippen LogP contribution in [0.3, 0.4) is 0 Å². The van der Waals surface area contributed by atoms with Gasteiger partial charge in [0, 0.05) is 17.4 Å². The molecule has 1 saturated heterocycles. The average molecular weight is 378 g/mol. The average Bonchev–Trinajstić information content (AvgIpc) is 3.12. The van der Waals surface area contributed by atoms with E-state index in [1.54, 1.807) is 6.26 Å². The van der Waals surface area contributed by atoms with Crippen molar-refractivity contribution in [2.75, 3.05) is 11.5 Å². The minimum absolute atomic E-state index is 0.0359. The second-order valence-corrected chi connectivity index (χ2v) is 9.12. The third kappa shape index (κ3) is 4.07. The molecule has 2 amide bonds.